The Labute approximate surface area is 152 Å². The smallest absolute Gasteiger partial charge is 0.227 e. The molecule has 0 aliphatic carbocycles. The first-order valence-corrected chi connectivity index (χ1v) is 8.62. The van der Waals surface area contributed by atoms with Gasteiger partial charge in [0, 0.05) is 44.6 Å². The SMILES string of the molecule is COc1ccc(-c2noc(CCC(=O)N3CCN(C)CC3)n2)cc1OC. The van der Waals surface area contributed by atoms with Crippen molar-refractivity contribution < 1.29 is 18.8 Å². The summed E-state index contributed by atoms with van der Waals surface area (Å²) < 4.78 is 15.8. The van der Waals surface area contributed by atoms with Gasteiger partial charge in [-0.2, -0.15) is 4.98 Å². The molecule has 0 bridgehead atoms. The van der Waals surface area contributed by atoms with E-state index in [1.165, 1.54) is 0 Å². The van der Waals surface area contributed by atoms with E-state index in [-0.39, 0.29) is 5.91 Å². The van der Waals surface area contributed by atoms with Crippen LogP contribution in [0.3, 0.4) is 0 Å². The summed E-state index contributed by atoms with van der Waals surface area (Å²) in [6.07, 6.45) is 0.808. The molecule has 1 aromatic heterocycles. The van der Waals surface area contributed by atoms with Crippen LogP contribution in [0.25, 0.3) is 11.4 Å². The van der Waals surface area contributed by atoms with E-state index in [0.29, 0.717) is 36.1 Å². The van der Waals surface area contributed by atoms with E-state index < -0.39 is 0 Å². The highest BCUT2D eigenvalue weighted by Gasteiger charge is 2.20. The molecule has 1 aromatic carbocycles. The normalized spacial score (nSPS) is 15.1. The molecule has 0 spiro atoms. The van der Waals surface area contributed by atoms with Crippen LogP contribution in [-0.2, 0) is 11.2 Å². The third-order valence-corrected chi connectivity index (χ3v) is 4.52. The fourth-order valence-electron chi connectivity index (χ4n) is 2.88. The number of hydrogen-bond acceptors (Lipinski definition) is 7. The minimum absolute atomic E-state index is 0.129. The van der Waals surface area contributed by atoms with Crippen molar-refractivity contribution in [3.05, 3.63) is 24.1 Å². The lowest BCUT2D eigenvalue weighted by atomic mass is 10.2. The summed E-state index contributed by atoms with van der Waals surface area (Å²) in [5.74, 6) is 2.29. The van der Waals surface area contributed by atoms with Gasteiger partial charge in [-0.25, -0.2) is 0 Å². The van der Waals surface area contributed by atoms with E-state index in [9.17, 15) is 4.79 Å². The van der Waals surface area contributed by atoms with E-state index in [0.717, 1.165) is 31.7 Å². The molecule has 1 aliphatic heterocycles. The average Bonchev–Trinajstić information content (AvgIpc) is 3.15. The van der Waals surface area contributed by atoms with Crippen molar-refractivity contribution in [3.63, 3.8) is 0 Å². The number of aryl methyl sites for hydroxylation is 1. The lowest BCUT2D eigenvalue weighted by Gasteiger charge is -2.32. The van der Waals surface area contributed by atoms with Crippen LogP contribution in [0.1, 0.15) is 12.3 Å². The van der Waals surface area contributed by atoms with Crippen molar-refractivity contribution in [1.29, 1.82) is 0 Å². The third-order valence-electron chi connectivity index (χ3n) is 4.52. The van der Waals surface area contributed by atoms with Crippen molar-refractivity contribution in [2.75, 3.05) is 47.4 Å². The number of amides is 1. The molecule has 2 heterocycles. The molecule has 0 atom stereocenters. The minimum atomic E-state index is 0.129. The van der Waals surface area contributed by atoms with Gasteiger partial charge in [-0.1, -0.05) is 5.16 Å². The van der Waals surface area contributed by atoms with Gasteiger partial charge in [0.15, 0.2) is 11.5 Å². The van der Waals surface area contributed by atoms with Crippen molar-refractivity contribution in [2.45, 2.75) is 12.8 Å². The zero-order valence-electron chi connectivity index (χ0n) is 15.4. The standard InChI is InChI=1S/C18H24N4O4/c1-21-8-10-22(11-9-21)17(23)7-6-16-19-18(20-26-16)13-4-5-14(24-2)15(12-13)25-3/h4-5,12H,6-11H2,1-3H3. The highest BCUT2D eigenvalue weighted by atomic mass is 16.5. The largest absolute Gasteiger partial charge is 0.493 e. The Balaban J connectivity index is 1.60. The molecule has 3 rings (SSSR count). The van der Waals surface area contributed by atoms with E-state index in [1.807, 2.05) is 11.0 Å². The van der Waals surface area contributed by atoms with Crippen LogP contribution in [0.2, 0.25) is 0 Å². The minimum Gasteiger partial charge on any atom is -0.493 e. The van der Waals surface area contributed by atoms with Crippen molar-refractivity contribution in [2.24, 2.45) is 0 Å². The molecular formula is C18H24N4O4. The lowest BCUT2D eigenvalue weighted by Crippen LogP contribution is -2.47. The van der Waals surface area contributed by atoms with Gasteiger partial charge >= 0.3 is 0 Å². The number of aromatic nitrogens is 2. The Morgan fingerprint density at radius 3 is 2.58 bits per heavy atom. The van der Waals surface area contributed by atoms with Crippen LogP contribution >= 0.6 is 0 Å². The van der Waals surface area contributed by atoms with Gasteiger partial charge in [0.2, 0.25) is 17.6 Å². The Morgan fingerprint density at radius 2 is 1.88 bits per heavy atom. The molecule has 1 amide bonds. The number of carbonyl (C=O) groups is 1. The van der Waals surface area contributed by atoms with Gasteiger partial charge in [-0.15, -0.1) is 0 Å². The fraction of sp³-hybridized carbons (Fsp3) is 0.500. The zero-order chi connectivity index (χ0) is 18.5. The summed E-state index contributed by atoms with van der Waals surface area (Å²) in [6.45, 7) is 3.37. The second-order valence-corrected chi connectivity index (χ2v) is 6.27. The zero-order valence-corrected chi connectivity index (χ0v) is 15.4. The molecule has 1 saturated heterocycles. The monoisotopic (exact) mass is 360 g/mol. The predicted molar refractivity (Wildman–Crippen MR) is 95.2 cm³/mol. The number of ether oxygens (including phenoxy) is 2. The molecule has 26 heavy (non-hydrogen) atoms. The molecule has 0 radical (unpaired) electrons. The van der Waals surface area contributed by atoms with Gasteiger partial charge in [-0.3, -0.25) is 4.79 Å². The molecule has 140 valence electrons. The summed E-state index contributed by atoms with van der Waals surface area (Å²) in [5, 5.41) is 4.00. The number of methoxy groups -OCH3 is 2. The van der Waals surface area contributed by atoms with E-state index >= 15 is 0 Å². The Kier molecular flexibility index (Phi) is 5.72. The van der Waals surface area contributed by atoms with E-state index in [2.05, 4.69) is 22.1 Å². The Bertz CT molecular complexity index is 753. The summed E-state index contributed by atoms with van der Waals surface area (Å²) in [5.41, 5.74) is 0.767. The highest BCUT2D eigenvalue weighted by Crippen LogP contribution is 2.31. The number of nitrogens with zero attached hydrogens (tertiary/aromatic N) is 4. The lowest BCUT2D eigenvalue weighted by molar-refractivity contribution is -0.132. The van der Waals surface area contributed by atoms with Gasteiger partial charge in [0.25, 0.3) is 0 Å². The summed E-state index contributed by atoms with van der Waals surface area (Å²) in [6, 6.07) is 5.43. The van der Waals surface area contributed by atoms with Crippen molar-refractivity contribution >= 4 is 5.91 Å². The second kappa shape index (κ2) is 8.18. The number of piperazine rings is 1. The number of hydrogen-bond donors (Lipinski definition) is 0. The Morgan fingerprint density at radius 1 is 1.15 bits per heavy atom. The maximum atomic E-state index is 12.3. The van der Waals surface area contributed by atoms with Crippen LogP contribution < -0.4 is 9.47 Å². The maximum absolute atomic E-state index is 12.3. The van der Waals surface area contributed by atoms with Crippen molar-refractivity contribution in [3.8, 4) is 22.9 Å². The topological polar surface area (TPSA) is 80.9 Å². The average molecular weight is 360 g/mol. The number of carbonyl (C=O) groups excluding carboxylic acids is 1. The molecule has 0 saturated carbocycles. The van der Waals surface area contributed by atoms with Gasteiger partial charge in [0.1, 0.15) is 0 Å². The maximum Gasteiger partial charge on any atom is 0.227 e. The molecular weight excluding hydrogens is 336 g/mol. The quantitative estimate of drug-likeness (QED) is 0.771. The third kappa shape index (κ3) is 4.13. The molecule has 8 nitrogen and oxygen atoms in total. The fourth-order valence-corrected chi connectivity index (χ4v) is 2.88. The second-order valence-electron chi connectivity index (χ2n) is 6.27. The number of benzene rings is 1. The molecule has 0 unspecified atom stereocenters. The van der Waals surface area contributed by atoms with E-state index in [4.69, 9.17) is 14.0 Å². The van der Waals surface area contributed by atoms with Crippen molar-refractivity contribution in [1.82, 2.24) is 19.9 Å². The molecule has 1 fully saturated rings. The predicted octanol–water partition coefficient (Wildman–Crippen LogP) is 1.46. The van der Waals surface area contributed by atoms with Crippen LogP contribution in [0.4, 0.5) is 0 Å². The first kappa shape index (κ1) is 18.2. The molecule has 1 aliphatic rings. The van der Waals surface area contributed by atoms with Crippen LogP contribution in [0.15, 0.2) is 22.7 Å². The summed E-state index contributed by atoms with van der Waals surface area (Å²) >= 11 is 0. The van der Waals surface area contributed by atoms with Gasteiger partial charge < -0.3 is 23.8 Å². The number of rotatable bonds is 6. The summed E-state index contributed by atoms with van der Waals surface area (Å²) in [7, 11) is 5.23. The van der Waals surface area contributed by atoms with Crippen LogP contribution in [0.5, 0.6) is 11.5 Å². The van der Waals surface area contributed by atoms with Crippen LogP contribution in [0, 0.1) is 0 Å². The summed E-state index contributed by atoms with van der Waals surface area (Å²) in [4.78, 5) is 20.8. The molecule has 8 heteroatoms. The molecule has 2 aromatic rings. The Hall–Kier alpha value is -2.61. The van der Waals surface area contributed by atoms with Gasteiger partial charge in [0.05, 0.1) is 14.2 Å². The van der Waals surface area contributed by atoms with Crippen LogP contribution in [-0.4, -0.2) is 73.3 Å². The number of likely N-dealkylation sites (N-methyl/N-ethyl adjacent to an activating group) is 1. The van der Waals surface area contributed by atoms with Gasteiger partial charge in [-0.05, 0) is 25.2 Å². The first-order valence-electron chi connectivity index (χ1n) is 8.62. The highest BCUT2D eigenvalue weighted by molar-refractivity contribution is 5.76. The molecule has 0 N–H and O–H groups in total. The first-order chi connectivity index (χ1) is 12.6. The van der Waals surface area contributed by atoms with E-state index in [1.54, 1.807) is 26.4 Å².